The van der Waals surface area contributed by atoms with Gasteiger partial charge in [0, 0.05) is 0 Å². The van der Waals surface area contributed by atoms with Crippen LogP contribution in [0.1, 0.15) is 136 Å². The van der Waals surface area contributed by atoms with Crippen molar-refractivity contribution in [2.24, 2.45) is 0 Å². The second-order valence-corrected chi connectivity index (χ2v) is 28.1. The summed E-state index contributed by atoms with van der Waals surface area (Å²) >= 11 is 0. The Bertz CT molecular complexity index is 1060. The van der Waals surface area contributed by atoms with Gasteiger partial charge in [-0.1, -0.05) is 154 Å². The molecule has 2 heteroatoms. The molecule has 0 heterocycles. The monoisotopic (exact) mass is 552 g/mol. The first-order chi connectivity index (χ1) is 17.1. The average Bonchev–Trinajstić information content (AvgIpc) is 2.71. The Morgan fingerprint density at radius 2 is 0.868 bits per heavy atom. The molecule has 0 unspecified atom stereocenters. The summed E-state index contributed by atoms with van der Waals surface area (Å²) in [6.07, 6.45) is 0. The molecule has 2 aromatic rings. The lowest BCUT2D eigenvalue weighted by Crippen LogP contribution is -2.61. The minimum absolute atomic E-state index is 0.100. The van der Waals surface area contributed by atoms with Crippen LogP contribution in [0.3, 0.4) is 0 Å². The fourth-order valence-corrected chi connectivity index (χ4v) is 23.4. The van der Waals surface area contributed by atoms with E-state index in [0.717, 1.165) is 0 Å². The molecule has 0 aromatic heterocycles. The molecular formula is C36H64Si2. The van der Waals surface area contributed by atoms with Crippen molar-refractivity contribution in [1.82, 2.24) is 0 Å². The van der Waals surface area contributed by atoms with Crippen molar-refractivity contribution in [3.8, 4) is 0 Å². The van der Waals surface area contributed by atoms with Crippen LogP contribution in [0.25, 0.3) is 10.8 Å². The van der Waals surface area contributed by atoms with Crippen LogP contribution in [0.4, 0.5) is 0 Å². The SMILES string of the molecule is CC(C)[Si](c1cc(C(C)(C)C)c([Si](C(C)C)(C(C)C)C(C)C)c2ccc(C(C)(C)C)cc12)(C(C)C)C(C)C. The van der Waals surface area contributed by atoms with Gasteiger partial charge in [0.2, 0.25) is 0 Å². The van der Waals surface area contributed by atoms with Gasteiger partial charge in [0.1, 0.15) is 0 Å². The molecule has 0 saturated carbocycles. The lowest BCUT2D eigenvalue weighted by Gasteiger charge is -2.49. The molecule has 0 radical (unpaired) electrons. The van der Waals surface area contributed by atoms with E-state index in [1.54, 1.807) is 26.7 Å². The first-order valence-electron chi connectivity index (χ1n) is 15.7. The fraction of sp³-hybridized carbons (Fsp3) is 0.722. The topological polar surface area (TPSA) is 0 Å². The van der Waals surface area contributed by atoms with Gasteiger partial charge < -0.3 is 0 Å². The second-order valence-electron chi connectivity index (χ2n) is 16.4. The summed E-state index contributed by atoms with van der Waals surface area (Å²) in [5.74, 6) is 0. The third-order valence-electron chi connectivity index (χ3n) is 10.4. The van der Waals surface area contributed by atoms with Gasteiger partial charge in [0.25, 0.3) is 0 Å². The molecule has 0 aliphatic heterocycles. The van der Waals surface area contributed by atoms with Crippen molar-refractivity contribution >= 4 is 37.3 Å². The average molecular weight is 553 g/mol. The van der Waals surface area contributed by atoms with Gasteiger partial charge in [-0.2, -0.15) is 0 Å². The Morgan fingerprint density at radius 3 is 1.18 bits per heavy atom. The van der Waals surface area contributed by atoms with E-state index in [1.807, 2.05) is 0 Å². The van der Waals surface area contributed by atoms with Crippen molar-refractivity contribution in [2.75, 3.05) is 0 Å². The maximum atomic E-state index is 2.81. The summed E-state index contributed by atoms with van der Waals surface area (Å²) in [6.45, 7) is 45.0. The minimum atomic E-state index is -1.93. The molecule has 0 N–H and O–H groups in total. The number of hydrogen-bond acceptors (Lipinski definition) is 0. The summed E-state index contributed by atoms with van der Waals surface area (Å²) in [6, 6.07) is 10.5. The summed E-state index contributed by atoms with van der Waals surface area (Å²) in [4.78, 5) is 0. The zero-order valence-corrected chi connectivity index (χ0v) is 30.8. The van der Waals surface area contributed by atoms with Gasteiger partial charge in [-0.25, -0.2) is 0 Å². The molecule has 2 aromatic carbocycles. The zero-order chi connectivity index (χ0) is 29.8. The molecule has 38 heavy (non-hydrogen) atoms. The Hall–Kier alpha value is -0.866. The van der Waals surface area contributed by atoms with Crippen LogP contribution in [0, 0.1) is 0 Å². The van der Waals surface area contributed by atoms with E-state index in [2.05, 4.69) is 149 Å². The Balaban J connectivity index is 3.48. The van der Waals surface area contributed by atoms with E-state index in [-0.39, 0.29) is 10.8 Å². The summed E-state index contributed by atoms with van der Waals surface area (Å²) in [7, 11) is -3.84. The highest BCUT2D eigenvalue weighted by atomic mass is 28.3. The highest BCUT2D eigenvalue weighted by Gasteiger charge is 2.50. The van der Waals surface area contributed by atoms with Gasteiger partial charge in [-0.05, 0) is 71.2 Å². The largest absolute Gasteiger partial charge is 0.0954 e. The van der Waals surface area contributed by atoms with Gasteiger partial charge in [0.15, 0.2) is 0 Å². The first kappa shape index (κ1) is 33.3. The second kappa shape index (κ2) is 11.2. The van der Waals surface area contributed by atoms with E-state index < -0.39 is 16.1 Å². The Labute approximate surface area is 240 Å². The number of rotatable bonds is 8. The fourth-order valence-electron chi connectivity index (χ4n) is 9.11. The van der Waals surface area contributed by atoms with Crippen molar-refractivity contribution in [1.29, 1.82) is 0 Å². The molecule has 216 valence electrons. The summed E-state index contributed by atoms with van der Waals surface area (Å²) < 4.78 is 0. The van der Waals surface area contributed by atoms with Crippen LogP contribution >= 0.6 is 0 Å². The molecular weight excluding hydrogens is 489 g/mol. The van der Waals surface area contributed by atoms with Crippen LogP contribution in [-0.4, -0.2) is 16.1 Å². The Morgan fingerprint density at radius 1 is 0.474 bits per heavy atom. The number of hydrogen-bond donors (Lipinski definition) is 0. The van der Waals surface area contributed by atoms with Crippen molar-refractivity contribution < 1.29 is 0 Å². The smallest absolute Gasteiger partial charge is 0.0648 e. The lowest BCUT2D eigenvalue weighted by atomic mass is 9.83. The van der Waals surface area contributed by atoms with Crippen molar-refractivity contribution in [3.63, 3.8) is 0 Å². The van der Waals surface area contributed by atoms with Crippen LogP contribution < -0.4 is 10.4 Å². The highest BCUT2D eigenvalue weighted by Crippen LogP contribution is 2.47. The van der Waals surface area contributed by atoms with Crippen LogP contribution in [0.15, 0.2) is 24.3 Å². The standard InChI is InChI=1S/C36H64Si2/c1-23(2)37(24(3)4,25(5)6)33-22-32(36(16,17)18)34(38(26(7)8,27(9)10)28(11)12)30-20-19-29(21-31(30)33)35(13,14)15/h19-28H,1-18H3. The molecule has 0 saturated heterocycles. The lowest BCUT2D eigenvalue weighted by molar-refractivity contribution is 0.590. The Kier molecular flexibility index (Phi) is 9.82. The molecule has 0 bridgehead atoms. The predicted octanol–water partition coefficient (Wildman–Crippen LogP) is 11.2. The third kappa shape index (κ3) is 5.27. The molecule has 0 aliphatic carbocycles. The quantitative estimate of drug-likeness (QED) is 0.286. The first-order valence-corrected chi connectivity index (χ1v) is 20.2. The molecule has 0 aliphatic rings. The molecule has 0 spiro atoms. The van der Waals surface area contributed by atoms with Crippen molar-refractivity contribution in [3.05, 3.63) is 35.4 Å². The van der Waals surface area contributed by atoms with Gasteiger partial charge in [0.05, 0.1) is 16.1 Å². The summed E-state index contributed by atoms with van der Waals surface area (Å²) in [5, 5.41) is 6.72. The van der Waals surface area contributed by atoms with Gasteiger partial charge >= 0.3 is 0 Å². The van der Waals surface area contributed by atoms with Crippen molar-refractivity contribution in [2.45, 2.75) is 169 Å². The maximum absolute atomic E-state index is 2.81. The number of benzene rings is 2. The van der Waals surface area contributed by atoms with E-state index in [4.69, 9.17) is 0 Å². The third-order valence-corrected chi connectivity index (χ3v) is 24.7. The molecule has 0 amide bonds. The summed E-state index contributed by atoms with van der Waals surface area (Å²) in [5.41, 5.74) is 7.47. The van der Waals surface area contributed by atoms with E-state index in [0.29, 0.717) is 33.2 Å². The van der Waals surface area contributed by atoms with Crippen LogP contribution in [-0.2, 0) is 10.8 Å². The van der Waals surface area contributed by atoms with Gasteiger partial charge in [-0.3, -0.25) is 0 Å². The highest BCUT2D eigenvalue weighted by molar-refractivity contribution is 6.99. The van der Waals surface area contributed by atoms with Crippen LogP contribution in [0.5, 0.6) is 0 Å². The minimum Gasteiger partial charge on any atom is -0.0648 e. The molecule has 0 atom stereocenters. The van der Waals surface area contributed by atoms with Gasteiger partial charge in [-0.15, -0.1) is 0 Å². The predicted molar refractivity (Wildman–Crippen MR) is 183 cm³/mol. The molecule has 0 fully saturated rings. The van der Waals surface area contributed by atoms with Crippen LogP contribution in [0.2, 0.25) is 33.2 Å². The van der Waals surface area contributed by atoms with E-state index in [1.165, 1.54) is 5.56 Å². The molecule has 0 nitrogen and oxygen atoms in total. The number of fused-ring (bicyclic) bond motifs is 1. The maximum Gasteiger partial charge on any atom is 0.0954 e. The normalized spacial score (nSPS) is 14.4. The van der Waals surface area contributed by atoms with E-state index >= 15 is 0 Å². The van der Waals surface area contributed by atoms with E-state index in [9.17, 15) is 0 Å². The zero-order valence-electron chi connectivity index (χ0n) is 28.8. The molecule has 2 rings (SSSR count).